The topological polar surface area (TPSA) is 80.9 Å². The molecule has 1 aliphatic carbocycles. The van der Waals surface area contributed by atoms with Crippen molar-refractivity contribution in [3.05, 3.63) is 29.5 Å². The van der Waals surface area contributed by atoms with Crippen molar-refractivity contribution in [3.63, 3.8) is 0 Å². The van der Waals surface area contributed by atoms with Crippen LogP contribution in [-0.4, -0.2) is 61.8 Å². The number of aromatic nitrogens is 1. The van der Waals surface area contributed by atoms with Gasteiger partial charge in [-0.15, -0.1) is 0 Å². The number of carbonyl (C=O) groups excluding carboxylic acids is 2. The molecule has 7 heteroatoms. The van der Waals surface area contributed by atoms with Crippen molar-refractivity contribution in [3.8, 4) is 5.75 Å². The van der Waals surface area contributed by atoms with Crippen molar-refractivity contribution < 1.29 is 23.8 Å². The lowest BCUT2D eigenvalue weighted by Crippen LogP contribution is -2.67. The van der Waals surface area contributed by atoms with Crippen molar-refractivity contribution in [2.45, 2.75) is 44.1 Å². The van der Waals surface area contributed by atoms with Crippen molar-refractivity contribution in [2.24, 2.45) is 11.8 Å². The number of nitrogens with zero attached hydrogens (tertiary/aromatic N) is 1. The average molecular weight is 427 g/mol. The van der Waals surface area contributed by atoms with Crippen LogP contribution in [0.25, 0.3) is 10.9 Å². The second-order valence-corrected chi connectivity index (χ2v) is 9.09. The zero-order valence-corrected chi connectivity index (χ0v) is 18.2. The summed E-state index contributed by atoms with van der Waals surface area (Å²) >= 11 is 0. The number of aromatic amines is 1. The number of nitrogens with one attached hydrogen (secondary N) is 1. The molecule has 6 rings (SSSR count). The van der Waals surface area contributed by atoms with Gasteiger partial charge in [0.2, 0.25) is 0 Å². The second-order valence-electron chi connectivity index (χ2n) is 9.09. The van der Waals surface area contributed by atoms with Crippen LogP contribution in [0.2, 0.25) is 0 Å². The van der Waals surface area contributed by atoms with Gasteiger partial charge < -0.3 is 19.2 Å². The summed E-state index contributed by atoms with van der Waals surface area (Å²) in [7, 11) is 1.68. The highest BCUT2D eigenvalue weighted by Gasteiger charge is 2.63. The molecule has 4 aliphatic rings. The van der Waals surface area contributed by atoms with Crippen LogP contribution in [0.1, 0.15) is 37.4 Å². The lowest BCUT2D eigenvalue weighted by atomic mass is 9.56. The van der Waals surface area contributed by atoms with E-state index in [1.807, 2.05) is 19.1 Å². The predicted octanol–water partition coefficient (Wildman–Crippen LogP) is 2.81. The molecule has 3 aliphatic heterocycles. The minimum atomic E-state index is -0.721. The zero-order chi connectivity index (χ0) is 21.6. The Bertz CT molecular complexity index is 1000. The highest BCUT2D eigenvalue weighted by Crippen LogP contribution is 2.55. The molecule has 0 radical (unpaired) electrons. The normalized spacial score (nSPS) is 31.0. The van der Waals surface area contributed by atoms with Crippen LogP contribution in [-0.2, 0) is 30.9 Å². The number of fused-ring (bicyclic) bond motifs is 4. The summed E-state index contributed by atoms with van der Waals surface area (Å²) in [6, 6.07) is 6.11. The number of carbonyl (C=O) groups is 2. The van der Waals surface area contributed by atoms with Gasteiger partial charge in [-0.3, -0.25) is 14.5 Å². The average Bonchev–Trinajstić information content (AvgIpc) is 3.11. The summed E-state index contributed by atoms with van der Waals surface area (Å²) in [4.78, 5) is 30.6. The number of ether oxygens (including phenoxy) is 3. The quantitative estimate of drug-likeness (QED) is 0.417. The van der Waals surface area contributed by atoms with E-state index in [0.29, 0.717) is 25.6 Å². The summed E-state index contributed by atoms with van der Waals surface area (Å²) in [6.45, 7) is 5.06. The fraction of sp³-hybridized carbons (Fsp3) is 0.583. The molecule has 4 bridgehead atoms. The number of esters is 1. The molecule has 5 atom stereocenters. The van der Waals surface area contributed by atoms with E-state index < -0.39 is 5.41 Å². The largest absolute Gasteiger partial charge is 0.497 e. The molecule has 166 valence electrons. The first-order chi connectivity index (χ1) is 15.1. The molecule has 0 spiro atoms. The molecule has 1 aromatic heterocycles. The number of piperidine rings is 2. The molecule has 4 unspecified atom stereocenters. The Morgan fingerprint density at radius 1 is 1.39 bits per heavy atom. The Hall–Kier alpha value is -2.54. The first-order valence-corrected chi connectivity index (χ1v) is 11.3. The third-order valence-electron chi connectivity index (χ3n) is 7.61. The molecule has 31 heavy (non-hydrogen) atoms. The molecule has 1 saturated carbocycles. The maximum absolute atomic E-state index is 13.7. The van der Waals surface area contributed by atoms with Crippen LogP contribution >= 0.6 is 0 Å². The maximum Gasteiger partial charge on any atom is 0.319 e. The first-order valence-electron chi connectivity index (χ1n) is 11.3. The Labute approximate surface area is 182 Å². The highest BCUT2D eigenvalue weighted by molar-refractivity contribution is 5.92. The van der Waals surface area contributed by atoms with E-state index in [1.54, 1.807) is 7.11 Å². The fourth-order valence-electron chi connectivity index (χ4n) is 6.65. The van der Waals surface area contributed by atoms with Crippen molar-refractivity contribution in [2.75, 3.05) is 33.4 Å². The molecule has 0 amide bonds. The lowest BCUT2D eigenvalue weighted by Gasteiger charge is -2.58. The van der Waals surface area contributed by atoms with Crippen LogP contribution < -0.4 is 4.74 Å². The highest BCUT2D eigenvalue weighted by atomic mass is 16.5. The molecule has 2 aromatic rings. The van der Waals surface area contributed by atoms with E-state index in [1.165, 1.54) is 5.56 Å². The van der Waals surface area contributed by atoms with Crippen molar-refractivity contribution >= 4 is 23.3 Å². The second kappa shape index (κ2) is 7.86. The van der Waals surface area contributed by atoms with E-state index >= 15 is 0 Å². The Kier molecular flexibility index (Phi) is 5.16. The Morgan fingerprint density at radius 2 is 2.26 bits per heavy atom. The van der Waals surface area contributed by atoms with Crippen LogP contribution in [0.3, 0.4) is 0 Å². The maximum atomic E-state index is 13.7. The smallest absolute Gasteiger partial charge is 0.319 e. The number of methoxy groups -OCH3 is 1. The van der Waals surface area contributed by atoms with Gasteiger partial charge in [0.05, 0.1) is 20.3 Å². The molecular weight excluding hydrogens is 396 g/mol. The molecular formula is C24H30N2O5. The fourth-order valence-corrected chi connectivity index (χ4v) is 6.65. The van der Waals surface area contributed by atoms with Crippen LogP contribution in [0.15, 0.2) is 18.2 Å². The van der Waals surface area contributed by atoms with Gasteiger partial charge in [0.1, 0.15) is 11.2 Å². The van der Waals surface area contributed by atoms with E-state index in [0.717, 1.165) is 61.1 Å². The van der Waals surface area contributed by atoms with Gasteiger partial charge in [0.25, 0.3) is 6.47 Å². The Balaban J connectivity index is 1.68. The van der Waals surface area contributed by atoms with Gasteiger partial charge in [0.15, 0.2) is 0 Å². The van der Waals surface area contributed by atoms with Gasteiger partial charge >= 0.3 is 5.97 Å². The van der Waals surface area contributed by atoms with Crippen molar-refractivity contribution in [1.29, 1.82) is 0 Å². The standard InChI is InChI=1S/C24H30N2O5/c1-3-31-23(28)24-12-15-10-16(7-9-30-14-27)22(24)26(13-15)8-6-18-19-11-17(29-2)4-5-20(19)25-21(18)24/h4-5,11,14-16,22,25H,3,6-10,12-13H2,1-2H3/t15-,16?,22?,24?/m0/s1. The molecule has 2 saturated heterocycles. The summed E-state index contributed by atoms with van der Waals surface area (Å²) < 4.78 is 16.3. The van der Waals surface area contributed by atoms with Crippen LogP contribution in [0.4, 0.5) is 0 Å². The summed E-state index contributed by atoms with van der Waals surface area (Å²) in [5.74, 6) is 1.39. The van der Waals surface area contributed by atoms with Crippen LogP contribution in [0.5, 0.6) is 5.75 Å². The number of hydrogen-bond acceptors (Lipinski definition) is 6. The Morgan fingerprint density at radius 3 is 3.03 bits per heavy atom. The van der Waals surface area contributed by atoms with Gasteiger partial charge in [-0.25, -0.2) is 0 Å². The van der Waals surface area contributed by atoms with Gasteiger partial charge in [-0.1, -0.05) is 0 Å². The SMILES string of the molecule is CCOC(=O)C12C[C@@H]3CC(CCOC=O)C1N(CCc1c2[nH]c2ccc(OC)cc12)C3. The minimum absolute atomic E-state index is 0.0445. The molecule has 1 N–H and O–H groups in total. The first kappa shape index (κ1) is 20.4. The lowest BCUT2D eigenvalue weighted by molar-refractivity contribution is -0.165. The summed E-state index contributed by atoms with van der Waals surface area (Å²) in [5, 5.41) is 1.13. The van der Waals surface area contributed by atoms with Gasteiger partial charge in [0, 0.05) is 35.7 Å². The summed E-state index contributed by atoms with van der Waals surface area (Å²) in [5.41, 5.74) is 2.54. The molecule has 4 heterocycles. The molecule has 7 nitrogen and oxygen atoms in total. The molecule has 3 fully saturated rings. The van der Waals surface area contributed by atoms with Gasteiger partial charge in [-0.05, 0) is 68.2 Å². The van der Waals surface area contributed by atoms with Crippen LogP contribution in [0, 0.1) is 11.8 Å². The van der Waals surface area contributed by atoms with E-state index in [-0.39, 0.29) is 17.9 Å². The predicted molar refractivity (Wildman–Crippen MR) is 115 cm³/mol. The van der Waals surface area contributed by atoms with E-state index in [2.05, 4.69) is 16.0 Å². The molecule has 1 aromatic carbocycles. The van der Waals surface area contributed by atoms with E-state index in [4.69, 9.17) is 14.2 Å². The number of hydrogen-bond donors (Lipinski definition) is 1. The number of rotatable bonds is 7. The van der Waals surface area contributed by atoms with E-state index in [9.17, 15) is 9.59 Å². The van der Waals surface area contributed by atoms with Crippen molar-refractivity contribution in [1.82, 2.24) is 9.88 Å². The monoisotopic (exact) mass is 426 g/mol. The zero-order valence-electron chi connectivity index (χ0n) is 18.2. The number of H-pyrrole nitrogens is 1. The summed E-state index contributed by atoms with van der Waals surface area (Å²) in [6.07, 6.45) is 3.51. The number of benzene rings is 1. The third-order valence-corrected chi connectivity index (χ3v) is 7.61. The minimum Gasteiger partial charge on any atom is -0.497 e. The van der Waals surface area contributed by atoms with Gasteiger partial charge in [-0.2, -0.15) is 0 Å². The third kappa shape index (κ3) is 3.04.